The molecule has 0 saturated carbocycles. The van der Waals surface area contributed by atoms with Crippen molar-refractivity contribution in [1.29, 1.82) is 0 Å². The Morgan fingerprint density at radius 2 is 1.97 bits per heavy atom. The number of rotatable bonds is 3. The molecule has 0 fully saturated rings. The highest BCUT2D eigenvalue weighted by atomic mass is 35.5. The summed E-state index contributed by atoms with van der Waals surface area (Å²) < 4.78 is 56.2. The summed E-state index contributed by atoms with van der Waals surface area (Å²) in [6.07, 6.45) is -1.32. The molecular weight excluding hydrogens is 480 g/mol. The number of halogens is 5. The normalized spacial score (nSPS) is 14.0. The SMILES string of the molecule is O=C(c1cc(Cc2c[nH]c(=O)c3cc(Cl)cn23)ccc1F)N1CCn2c(nnc2C(F)(F)F)C1. The number of aromatic amines is 1. The number of hydrogen-bond donors (Lipinski definition) is 1. The Balaban J connectivity index is 1.41. The van der Waals surface area contributed by atoms with E-state index in [9.17, 15) is 27.2 Å². The summed E-state index contributed by atoms with van der Waals surface area (Å²) in [7, 11) is 0. The number of amides is 1. The third-order valence-corrected chi connectivity index (χ3v) is 5.85. The lowest BCUT2D eigenvalue weighted by Gasteiger charge is -2.28. The maximum atomic E-state index is 14.6. The number of hydrogen-bond acceptors (Lipinski definition) is 4. The molecule has 0 atom stereocenters. The summed E-state index contributed by atoms with van der Waals surface area (Å²) >= 11 is 6.02. The molecule has 4 heterocycles. The number of carbonyl (C=O) groups excluding carboxylic acids is 1. The van der Waals surface area contributed by atoms with E-state index in [0.717, 1.165) is 10.6 Å². The Labute approximate surface area is 193 Å². The first kappa shape index (κ1) is 22.1. The van der Waals surface area contributed by atoms with Crippen molar-refractivity contribution in [1.82, 2.24) is 29.0 Å². The molecule has 0 saturated heterocycles. The molecule has 34 heavy (non-hydrogen) atoms. The number of benzene rings is 1. The van der Waals surface area contributed by atoms with Crippen LogP contribution in [0, 0.1) is 5.82 Å². The van der Waals surface area contributed by atoms with Crippen LogP contribution in [0.25, 0.3) is 5.52 Å². The number of carbonyl (C=O) groups is 1. The van der Waals surface area contributed by atoms with Crippen LogP contribution in [-0.4, -0.2) is 41.5 Å². The minimum absolute atomic E-state index is 0.0244. The third kappa shape index (κ3) is 3.83. The molecule has 0 bridgehead atoms. The number of alkyl halides is 3. The highest BCUT2D eigenvalue weighted by molar-refractivity contribution is 6.31. The molecule has 3 aromatic heterocycles. The van der Waals surface area contributed by atoms with Crippen LogP contribution in [-0.2, 0) is 25.7 Å². The second-order valence-electron chi connectivity index (χ2n) is 7.83. The molecule has 1 amide bonds. The number of fused-ring (bicyclic) bond motifs is 2. The molecule has 4 aromatic rings. The van der Waals surface area contributed by atoms with E-state index in [1.807, 2.05) is 0 Å². The molecule has 13 heteroatoms. The molecule has 8 nitrogen and oxygen atoms in total. The predicted octanol–water partition coefficient (Wildman–Crippen LogP) is 3.28. The van der Waals surface area contributed by atoms with Crippen molar-refractivity contribution in [3.63, 3.8) is 0 Å². The van der Waals surface area contributed by atoms with Gasteiger partial charge in [-0.05, 0) is 23.8 Å². The summed E-state index contributed by atoms with van der Waals surface area (Å²) in [6, 6.07) is 5.57. The van der Waals surface area contributed by atoms with Gasteiger partial charge in [0, 0.05) is 37.6 Å². The molecule has 5 rings (SSSR count). The Morgan fingerprint density at radius 3 is 2.74 bits per heavy atom. The molecule has 1 aliphatic heterocycles. The van der Waals surface area contributed by atoms with E-state index < -0.39 is 23.7 Å². The van der Waals surface area contributed by atoms with Gasteiger partial charge in [0.1, 0.15) is 11.3 Å². The molecule has 176 valence electrons. The summed E-state index contributed by atoms with van der Waals surface area (Å²) in [5, 5.41) is 7.11. The van der Waals surface area contributed by atoms with Crippen molar-refractivity contribution >= 4 is 23.0 Å². The summed E-state index contributed by atoms with van der Waals surface area (Å²) in [4.78, 5) is 28.9. The van der Waals surface area contributed by atoms with E-state index in [1.165, 1.54) is 29.3 Å². The van der Waals surface area contributed by atoms with E-state index >= 15 is 0 Å². The summed E-state index contributed by atoms with van der Waals surface area (Å²) in [6.45, 7) is -0.443. The smallest absolute Gasteiger partial charge is 0.329 e. The van der Waals surface area contributed by atoms with Crippen LogP contribution in [0.15, 0.2) is 41.5 Å². The molecule has 0 radical (unpaired) electrons. The van der Waals surface area contributed by atoms with Gasteiger partial charge in [-0.1, -0.05) is 17.7 Å². The minimum Gasteiger partial charge on any atom is -0.329 e. The number of H-pyrrole nitrogens is 1. The zero-order chi connectivity index (χ0) is 24.2. The maximum Gasteiger partial charge on any atom is 0.451 e. The Kier molecular flexibility index (Phi) is 5.19. The topological polar surface area (TPSA) is 88.3 Å². The van der Waals surface area contributed by atoms with E-state index in [1.54, 1.807) is 10.6 Å². The Hall–Kier alpha value is -3.67. The fraction of sp³-hybridized carbons (Fsp3) is 0.238. The van der Waals surface area contributed by atoms with Crippen molar-refractivity contribution in [2.45, 2.75) is 25.7 Å². The van der Waals surface area contributed by atoms with Gasteiger partial charge in [0.05, 0.1) is 17.1 Å². The highest BCUT2D eigenvalue weighted by Gasteiger charge is 2.40. The molecule has 1 aromatic carbocycles. The second-order valence-corrected chi connectivity index (χ2v) is 8.27. The zero-order valence-electron chi connectivity index (χ0n) is 17.2. The highest BCUT2D eigenvalue weighted by Crippen LogP contribution is 2.30. The lowest BCUT2D eigenvalue weighted by atomic mass is 10.0. The summed E-state index contributed by atoms with van der Waals surface area (Å²) in [5.41, 5.74) is 1.04. The molecular formula is C21H15ClF4N6O2. The van der Waals surface area contributed by atoms with E-state index in [-0.39, 0.29) is 43.0 Å². The fourth-order valence-electron chi connectivity index (χ4n) is 4.04. The fourth-order valence-corrected chi connectivity index (χ4v) is 4.24. The van der Waals surface area contributed by atoms with Crippen LogP contribution in [0.1, 0.15) is 33.3 Å². The van der Waals surface area contributed by atoms with Gasteiger partial charge in [-0.2, -0.15) is 13.2 Å². The maximum absolute atomic E-state index is 14.6. The Bertz CT molecular complexity index is 1490. The third-order valence-electron chi connectivity index (χ3n) is 5.64. The van der Waals surface area contributed by atoms with Crippen LogP contribution in [0.4, 0.5) is 17.6 Å². The molecule has 1 aliphatic rings. The van der Waals surface area contributed by atoms with Gasteiger partial charge in [0.2, 0.25) is 5.82 Å². The Morgan fingerprint density at radius 1 is 1.18 bits per heavy atom. The predicted molar refractivity (Wildman–Crippen MR) is 112 cm³/mol. The zero-order valence-corrected chi connectivity index (χ0v) is 18.0. The van der Waals surface area contributed by atoms with Gasteiger partial charge in [-0.15, -0.1) is 10.2 Å². The van der Waals surface area contributed by atoms with Crippen LogP contribution in [0.2, 0.25) is 5.02 Å². The number of nitrogens with zero attached hydrogens (tertiary/aromatic N) is 5. The van der Waals surface area contributed by atoms with Crippen molar-refractivity contribution in [3.8, 4) is 0 Å². The van der Waals surface area contributed by atoms with Crippen LogP contribution in [0.5, 0.6) is 0 Å². The van der Waals surface area contributed by atoms with Gasteiger partial charge in [0.25, 0.3) is 11.5 Å². The van der Waals surface area contributed by atoms with Gasteiger partial charge in [-0.3, -0.25) is 9.59 Å². The standard InChI is InChI=1S/C21H15ClF4N6O2/c22-12-7-16-18(33)27-8-13(32(16)9-12)5-11-1-2-15(23)14(6-11)19(34)30-3-4-31-17(10-30)28-29-20(31)21(24,25)26/h1-2,6-9H,3-5,10H2,(H,27,33). The van der Waals surface area contributed by atoms with Gasteiger partial charge >= 0.3 is 6.18 Å². The molecule has 0 aliphatic carbocycles. The van der Waals surface area contributed by atoms with E-state index in [0.29, 0.717) is 21.8 Å². The molecule has 0 unspecified atom stereocenters. The van der Waals surface area contributed by atoms with Crippen LogP contribution in [0.3, 0.4) is 0 Å². The van der Waals surface area contributed by atoms with Gasteiger partial charge in [-0.25, -0.2) is 4.39 Å². The van der Waals surface area contributed by atoms with E-state index in [2.05, 4.69) is 15.2 Å². The number of nitrogens with one attached hydrogen (secondary N) is 1. The van der Waals surface area contributed by atoms with Crippen molar-refractivity contribution in [2.24, 2.45) is 0 Å². The average molecular weight is 495 g/mol. The number of aromatic nitrogens is 5. The largest absolute Gasteiger partial charge is 0.451 e. The monoisotopic (exact) mass is 494 g/mol. The summed E-state index contributed by atoms with van der Waals surface area (Å²) in [5.74, 6) is -2.58. The second kappa shape index (κ2) is 7.97. The minimum atomic E-state index is -4.66. The van der Waals surface area contributed by atoms with Gasteiger partial charge < -0.3 is 18.9 Å². The van der Waals surface area contributed by atoms with Gasteiger partial charge in [0.15, 0.2) is 5.82 Å². The lowest BCUT2D eigenvalue weighted by molar-refractivity contribution is -0.147. The molecule has 0 spiro atoms. The molecule has 1 N–H and O–H groups in total. The first-order chi connectivity index (χ1) is 16.1. The van der Waals surface area contributed by atoms with Crippen molar-refractivity contribution in [3.05, 3.63) is 86.3 Å². The van der Waals surface area contributed by atoms with Crippen LogP contribution < -0.4 is 5.56 Å². The average Bonchev–Trinajstić information content (AvgIpc) is 3.40. The van der Waals surface area contributed by atoms with E-state index in [4.69, 9.17) is 11.6 Å². The first-order valence-corrected chi connectivity index (χ1v) is 10.4. The van der Waals surface area contributed by atoms with Crippen LogP contribution >= 0.6 is 11.6 Å². The van der Waals surface area contributed by atoms with Crippen molar-refractivity contribution in [2.75, 3.05) is 6.54 Å². The first-order valence-electron chi connectivity index (χ1n) is 10.1. The lowest BCUT2D eigenvalue weighted by Crippen LogP contribution is -2.39. The quantitative estimate of drug-likeness (QED) is 0.443. The van der Waals surface area contributed by atoms with Crippen molar-refractivity contribution < 1.29 is 22.4 Å².